The molecule has 1 aromatic heterocycles. The lowest BCUT2D eigenvalue weighted by atomic mass is 9.89. The first-order chi connectivity index (χ1) is 12.0. The van der Waals surface area contributed by atoms with Gasteiger partial charge in [0.15, 0.2) is 0 Å². The Labute approximate surface area is 145 Å². The Morgan fingerprint density at radius 2 is 2.04 bits per heavy atom. The maximum absolute atomic E-state index is 12.4. The second-order valence-corrected chi connectivity index (χ2v) is 6.63. The first-order valence-electron chi connectivity index (χ1n) is 7.77. The monoisotopic (exact) mass is 371 g/mol. The second-order valence-electron chi connectivity index (χ2n) is 5.61. The van der Waals surface area contributed by atoms with Crippen molar-refractivity contribution < 1.29 is 22.9 Å². The molecule has 0 unspecified atom stereocenters. The minimum absolute atomic E-state index is 0.255. The number of aromatic nitrogens is 2. The first kappa shape index (κ1) is 17.6. The predicted octanol–water partition coefficient (Wildman–Crippen LogP) is 4.78. The van der Waals surface area contributed by atoms with Crippen molar-refractivity contribution in [2.24, 2.45) is 0 Å². The van der Waals surface area contributed by atoms with Crippen LogP contribution in [0.2, 0.25) is 0 Å². The van der Waals surface area contributed by atoms with Crippen molar-refractivity contribution in [2.75, 3.05) is 0 Å². The van der Waals surface area contributed by atoms with Gasteiger partial charge in [0.2, 0.25) is 11.6 Å². The summed E-state index contributed by atoms with van der Waals surface area (Å²) in [5.74, 6) is 0.329. The van der Waals surface area contributed by atoms with Crippen molar-refractivity contribution in [1.29, 1.82) is 0 Å². The Morgan fingerprint density at radius 3 is 2.72 bits per heavy atom. The number of alkyl halides is 2. The fourth-order valence-electron chi connectivity index (χ4n) is 2.78. The average molecular weight is 371 g/mol. The number of nitrogens with zero attached hydrogens (tertiary/aromatic N) is 3. The topological polar surface area (TPSA) is 91.3 Å². The van der Waals surface area contributed by atoms with Gasteiger partial charge in [-0.15, -0.1) is 10.2 Å². The number of halogens is 2. The van der Waals surface area contributed by atoms with Crippen LogP contribution in [-0.4, -0.2) is 21.7 Å². The van der Waals surface area contributed by atoms with E-state index in [1.165, 1.54) is 18.6 Å². The van der Waals surface area contributed by atoms with Crippen molar-refractivity contribution >= 4 is 17.4 Å². The van der Waals surface area contributed by atoms with Crippen LogP contribution in [0.15, 0.2) is 32.7 Å². The molecule has 1 aromatic carbocycles. The zero-order valence-electron chi connectivity index (χ0n) is 13.1. The van der Waals surface area contributed by atoms with Gasteiger partial charge in [-0.3, -0.25) is 10.1 Å². The smallest absolute Gasteiger partial charge is 0.387 e. The van der Waals surface area contributed by atoms with E-state index in [4.69, 9.17) is 4.42 Å². The number of rotatable bonds is 6. The number of hydrogen-bond acceptors (Lipinski definition) is 7. The molecule has 0 saturated heterocycles. The molecule has 10 heteroatoms. The van der Waals surface area contributed by atoms with Crippen LogP contribution in [0, 0.1) is 10.1 Å². The lowest BCUT2D eigenvalue weighted by molar-refractivity contribution is -0.386. The predicted molar refractivity (Wildman–Crippen MR) is 84.0 cm³/mol. The van der Waals surface area contributed by atoms with Gasteiger partial charge in [-0.1, -0.05) is 19.3 Å². The molecule has 0 spiro atoms. The molecule has 3 rings (SSSR count). The van der Waals surface area contributed by atoms with Gasteiger partial charge in [0, 0.05) is 22.9 Å². The van der Waals surface area contributed by atoms with Crippen LogP contribution in [0.1, 0.15) is 43.9 Å². The van der Waals surface area contributed by atoms with Crippen molar-refractivity contribution in [1.82, 2.24) is 10.2 Å². The van der Waals surface area contributed by atoms with Gasteiger partial charge in [-0.25, -0.2) is 0 Å². The van der Waals surface area contributed by atoms with E-state index in [0.29, 0.717) is 10.8 Å². The quantitative estimate of drug-likeness (QED) is 0.533. The summed E-state index contributed by atoms with van der Waals surface area (Å²) in [5.41, 5.74) is -0.530. The van der Waals surface area contributed by atoms with Crippen LogP contribution in [0.5, 0.6) is 5.75 Å². The number of benzene rings is 1. The van der Waals surface area contributed by atoms with Crippen molar-refractivity contribution in [3.8, 4) is 5.75 Å². The third-order valence-electron chi connectivity index (χ3n) is 3.93. The normalized spacial score (nSPS) is 15.5. The Kier molecular flexibility index (Phi) is 5.47. The third-order valence-corrected chi connectivity index (χ3v) is 4.75. The zero-order chi connectivity index (χ0) is 17.8. The van der Waals surface area contributed by atoms with E-state index in [2.05, 4.69) is 14.9 Å². The van der Waals surface area contributed by atoms with Gasteiger partial charge in [-0.05, 0) is 30.7 Å². The summed E-state index contributed by atoms with van der Waals surface area (Å²) in [6, 6.07) is 3.70. The molecule has 1 aliphatic carbocycles. The van der Waals surface area contributed by atoms with E-state index in [-0.39, 0.29) is 11.1 Å². The van der Waals surface area contributed by atoms with E-state index >= 15 is 0 Å². The van der Waals surface area contributed by atoms with E-state index < -0.39 is 23.0 Å². The molecule has 25 heavy (non-hydrogen) atoms. The fraction of sp³-hybridized carbons (Fsp3) is 0.467. The highest BCUT2D eigenvalue weighted by atomic mass is 32.2. The Morgan fingerprint density at radius 1 is 1.28 bits per heavy atom. The number of nitro groups is 1. The van der Waals surface area contributed by atoms with Gasteiger partial charge < -0.3 is 9.15 Å². The lowest BCUT2D eigenvalue weighted by Gasteiger charge is -2.17. The SMILES string of the molecule is O=[N+]([O-])c1ccc(Sc2nnc(C3CCCCC3)o2)cc1OC(F)F. The Balaban J connectivity index is 1.76. The molecule has 0 radical (unpaired) electrons. The molecule has 1 saturated carbocycles. The molecule has 1 aliphatic rings. The van der Waals surface area contributed by atoms with E-state index in [9.17, 15) is 18.9 Å². The van der Waals surface area contributed by atoms with Gasteiger partial charge in [0.25, 0.3) is 5.22 Å². The van der Waals surface area contributed by atoms with Gasteiger partial charge in [0.1, 0.15) is 0 Å². The molecule has 2 aromatic rings. The van der Waals surface area contributed by atoms with Crippen molar-refractivity contribution in [2.45, 2.75) is 54.8 Å². The maximum atomic E-state index is 12.4. The van der Waals surface area contributed by atoms with E-state index in [0.717, 1.165) is 43.5 Å². The Bertz CT molecular complexity index is 750. The zero-order valence-corrected chi connectivity index (χ0v) is 13.9. The van der Waals surface area contributed by atoms with Gasteiger partial charge >= 0.3 is 12.3 Å². The minimum atomic E-state index is -3.15. The fourth-order valence-corrected chi connectivity index (χ4v) is 3.49. The molecule has 0 bridgehead atoms. The van der Waals surface area contributed by atoms with Crippen LogP contribution < -0.4 is 4.74 Å². The highest BCUT2D eigenvalue weighted by Crippen LogP contribution is 2.37. The summed E-state index contributed by atoms with van der Waals surface area (Å²) >= 11 is 1.05. The summed E-state index contributed by atoms with van der Waals surface area (Å²) in [7, 11) is 0. The molecule has 0 aliphatic heterocycles. The number of nitro benzene ring substituents is 1. The molecule has 134 valence electrons. The van der Waals surface area contributed by atoms with Crippen LogP contribution in [-0.2, 0) is 0 Å². The molecule has 7 nitrogen and oxygen atoms in total. The summed E-state index contributed by atoms with van der Waals surface area (Å²) in [6.45, 7) is -3.15. The first-order valence-corrected chi connectivity index (χ1v) is 8.59. The van der Waals surface area contributed by atoms with Crippen molar-refractivity contribution in [3.05, 3.63) is 34.2 Å². The minimum Gasteiger partial charge on any atom is -0.427 e. The standard InChI is InChI=1S/C15H15F2N3O4S/c16-14(17)23-12-8-10(6-7-11(12)20(21)22)25-15-19-18-13(24-15)9-4-2-1-3-5-9/h6-9,14H,1-5H2. The summed E-state index contributed by atoms with van der Waals surface area (Å²) in [6.07, 6.45) is 5.49. The number of hydrogen-bond donors (Lipinski definition) is 0. The maximum Gasteiger partial charge on any atom is 0.387 e. The molecular formula is C15H15F2N3O4S. The second kappa shape index (κ2) is 7.77. The van der Waals surface area contributed by atoms with Crippen molar-refractivity contribution in [3.63, 3.8) is 0 Å². The molecule has 0 atom stereocenters. The van der Waals surface area contributed by atoms with Gasteiger partial charge in [-0.2, -0.15) is 8.78 Å². The van der Waals surface area contributed by atoms with E-state index in [1.54, 1.807) is 0 Å². The van der Waals surface area contributed by atoms with Crippen LogP contribution in [0.4, 0.5) is 14.5 Å². The number of ether oxygens (including phenoxy) is 1. The van der Waals surface area contributed by atoms with Gasteiger partial charge in [0.05, 0.1) is 4.92 Å². The van der Waals surface area contributed by atoms with Crippen LogP contribution in [0.3, 0.4) is 0 Å². The summed E-state index contributed by atoms with van der Waals surface area (Å²) < 4.78 is 34.8. The molecule has 0 N–H and O–H groups in total. The average Bonchev–Trinajstić information content (AvgIpc) is 3.03. The van der Waals surface area contributed by atoms with E-state index in [1.807, 2.05) is 0 Å². The molecule has 0 amide bonds. The molecule has 1 heterocycles. The highest BCUT2D eigenvalue weighted by Gasteiger charge is 2.23. The highest BCUT2D eigenvalue weighted by molar-refractivity contribution is 7.99. The Hall–Kier alpha value is -2.23. The molecular weight excluding hydrogens is 356 g/mol. The molecule has 1 fully saturated rings. The largest absolute Gasteiger partial charge is 0.427 e. The summed E-state index contributed by atoms with van der Waals surface area (Å²) in [5, 5.41) is 19.2. The third kappa shape index (κ3) is 4.44. The van der Waals surface area contributed by atoms with Crippen LogP contribution in [0.25, 0.3) is 0 Å². The van der Waals surface area contributed by atoms with Crippen LogP contribution >= 0.6 is 11.8 Å². The lowest BCUT2D eigenvalue weighted by Crippen LogP contribution is -2.04. The summed E-state index contributed by atoms with van der Waals surface area (Å²) in [4.78, 5) is 10.5.